The highest BCUT2D eigenvalue weighted by Gasteiger charge is 2.09. The zero-order valence-corrected chi connectivity index (χ0v) is 13.8. The average molecular weight is 370 g/mol. The normalized spacial score (nSPS) is 10.3. The Labute approximate surface area is 141 Å². The van der Waals surface area contributed by atoms with Gasteiger partial charge in [-0.1, -0.05) is 6.07 Å². The van der Waals surface area contributed by atoms with E-state index in [1.807, 2.05) is 18.2 Å². The van der Waals surface area contributed by atoms with E-state index in [2.05, 4.69) is 37.3 Å². The van der Waals surface area contributed by atoms with Gasteiger partial charge in [0.05, 0.1) is 18.2 Å². The van der Waals surface area contributed by atoms with Crippen LogP contribution in [0.3, 0.4) is 0 Å². The van der Waals surface area contributed by atoms with E-state index in [9.17, 15) is 0 Å². The van der Waals surface area contributed by atoms with Gasteiger partial charge in [0.1, 0.15) is 17.6 Å². The molecule has 0 unspecified atom stereocenters. The number of ether oxygens (including phenoxy) is 1. The summed E-state index contributed by atoms with van der Waals surface area (Å²) >= 11 is 3.46. The third-order valence-electron chi connectivity index (χ3n) is 3.28. The molecule has 0 spiro atoms. The van der Waals surface area contributed by atoms with Gasteiger partial charge >= 0.3 is 0 Å². The number of nitriles is 1. The largest absolute Gasteiger partial charge is 0.495 e. The topological polar surface area (TPSA) is 96.8 Å². The lowest BCUT2D eigenvalue weighted by Crippen LogP contribution is -2.02. The van der Waals surface area contributed by atoms with E-state index in [4.69, 9.17) is 15.7 Å². The second-order valence-corrected chi connectivity index (χ2v) is 5.57. The molecule has 1 aromatic heterocycles. The second-order valence-electron chi connectivity index (χ2n) is 4.72. The maximum atomic E-state index is 9.02. The van der Waals surface area contributed by atoms with Crippen molar-refractivity contribution < 1.29 is 4.74 Å². The van der Waals surface area contributed by atoms with Gasteiger partial charge in [-0.05, 0) is 40.2 Å². The summed E-state index contributed by atoms with van der Waals surface area (Å²) in [5.74, 6) is 1.24. The third kappa shape index (κ3) is 2.89. The molecule has 3 N–H and O–H groups in total. The van der Waals surface area contributed by atoms with Gasteiger partial charge in [-0.2, -0.15) is 10.2 Å². The molecule has 6 nitrogen and oxygen atoms in total. The lowest BCUT2D eigenvalue weighted by molar-refractivity contribution is 0.413. The zero-order chi connectivity index (χ0) is 16.4. The van der Waals surface area contributed by atoms with Crippen LogP contribution in [-0.2, 0) is 0 Å². The predicted molar refractivity (Wildman–Crippen MR) is 92.6 cm³/mol. The fourth-order valence-electron chi connectivity index (χ4n) is 2.19. The molecule has 23 heavy (non-hydrogen) atoms. The fraction of sp³-hybridized carbons (Fsp3) is 0.0625. The van der Waals surface area contributed by atoms with E-state index in [1.54, 1.807) is 18.2 Å². The summed E-state index contributed by atoms with van der Waals surface area (Å²) in [7, 11) is 1.52. The standard InChI is InChI=1S/C16H12BrN5O/c1-23-13-7-10(6-5-9(13)8-18)20-16-21-14-11(15(19)22-16)3-2-4-12(14)17/h2-7H,1H3,(H3,19,20,21,22). The molecule has 0 aliphatic rings. The summed E-state index contributed by atoms with van der Waals surface area (Å²) in [5, 5.41) is 12.9. The first kappa shape index (κ1) is 15.1. The van der Waals surface area contributed by atoms with Crippen LogP contribution in [0.2, 0.25) is 0 Å². The van der Waals surface area contributed by atoms with Crippen LogP contribution in [0.4, 0.5) is 17.5 Å². The molecule has 0 bridgehead atoms. The molecule has 0 saturated carbocycles. The minimum atomic E-state index is 0.369. The molecule has 0 fully saturated rings. The summed E-state index contributed by atoms with van der Waals surface area (Å²) in [5.41, 5.74) is 7.89. The van der Waals surface area contributed by atoms with Crippen molar-refractivity contribution >= 4 is 44.3 Å². The van der Waals surface area contributed by atoms with Crippen LogP contribution in [0.25, 0.3) is 10.9 Å². The second kappa shape index (κ2) is 6.10. The Morgan fingerprint density at radius 3 is 2.83 bits per heavy atom. The lowest BCUT2D eigenvalue weighted by Gasteiger charge is -2.10. The molecular formula is C16H12BrN5O. The van der Waals surface area contributed by atoms with Gasteiger partial charge < -0.3 is 15.8 Å². The number of hydrogen-bond acceptors (Lipinski definition) is 6. The zero-order valence-electron chi connectivity index (χ0n) is 12.2. The summed E-state index contributed by atoms with van der Waals surface area (Å²) in [4.78, 5) is 8.74. The van der Waals surface area contributed by atoms with E-state index >= 15 is 0 Å². The molecule has 1 heterocycles. The summed E-state index contributed by atoms with van der Waals surface area (Å²) in [6.45, 7) is 0. The monoisotopic (exact) mass is 369 g/mol. The molecule has 0 aliphatic heterocycles. The van der Waals surface area contributed by atoms with E-state index in [-0.39, 0.29) is 0 Å². The SMILES string of the molecule is COc1cc(Nc2nc(N)c3cccc(Br)c3n2)ccc1C#N. The number of nitrogens with zero attached hydrogens (tertiary/aromatic N) is 3. The van der Waals surface area contributed by atoms with Crippen LogP contribution >= 0.6 is 15.9 Å². The maximum Gasteiger partial charge on any atom is 0.229 e. The van der Waals surface area contributed by atoms with Gasteiger partial charge in [0.25, 0.3) is 0 Å². The predicted octanol–water partition coefficient (Wildman–Crippen LogP) is 3.60. The first-order valence-corrected chi connectivity index (χ1v) is 7.48. The van der Waals surface area contributed by atoms with Gasteiger partial charge in [-0.3, -0.25) is 0 Å². The van der Waals surface area contributed by atoms with Gasteiger partial charge in [-0.15, -0.1) is 0 Å². The lowest BCUT2D eigenvalue weighted by atomic mass is 10.2. The van der Waals surface area contributed by atoms with Crippen LogP contribution in [0.15, 0.2) is 40.9 Å². The van der Waals surface area contributed by atoms with E-state index < -0.39 is 0 Å². The first-order chi connectivity index (χ1) is 11.1. The number of aromatic nitrogens is 2. The number of methoxy groups -OCH3 is 1. The van der Waals surface area contributed by atoms with Gasteiger partial charge in [0.2, 0.25) is 5.95 Å². The quantitative estimate of drug-likeness (QED) is 0.731. The van der Waals surface area contributed by atoms with Crippen molar-refractivity contribution in [2.24, 2.45) is 0 Å². The molecule has 7 heteroatoms. The highest BCUT2D eigenvalue weighted by molar-refractivity contribution is 9.10. The number of rotatable bonds is 3. The minimum Gasteiger partial charge on any atom is -0.495 e. The van der Waals surface area contributed by atoms with E-state index in [0.29, 0.717) is 28.8 Å². The average Bonchev–Trinajstić information content (AvgIpc) is 2.56. The number of benzene rings is 2. The number of para-hydroxylation sites is 1. The summed E-state index contributed by atoms with van der Waals surface area (Å²) < 4.78 is 6.03. The molecular weight excluding hydrogens is 358 g/mol. The highest BCUT2D eigenvalue weighted by Crippen LogP contribution is 2.28. The van der Waals surface area contributed by atoms with Crippen molar-refractivity contribution in [3.63, 3.8) is 0 Å². The molecule has 0 radical (unpaired) electrons. The number of hydrogen-bond donors (Lipinski definition) is 2. The maximum absolute atomic E-state index is 9.02. The Hall–Kier alpha value is -2.85. The summed E-state index contributed by atoms with van der Waals surface area (Å²) in [6, 6.07) is 12.8. The van der Waals surface area contributed by atoms with E-state index in [1.165, 1.54) is 7.11 Å². The van der Waals surface area contributed by atoms with Crippen LogP contribution < -0.4 is 15.8 Å². The molecule has 114 valence electrons. The first-order valence-electron chi connectivity index (χ1n) is 6.69. The number of halogens is 1. The van der Waals surface area contributed by atoms with Crippen LogP contribution in [0.1, 0.15) is 5.56 Å². The molecule has 2 aromatic carbocycles. The molecule has 0 saturated heterocycles. The molecule has 3 aromatic rings. The smallest absolute Gasteiger partial charge is 0.229 e. The Morgan fingerprint density at radius 1 is 1.26 bits per heavy atom. The molecule has 0 amide bonds. The molecule has 3 rings (SSSR count). The number of nitrogens with two attached hydrogens (primary N) is 1. The highest BCUT2D eigenvalue weighted by atomic mass is 79.9. The van der Waals surface area contributed by atoms with Crippen molar-refractivity contribution in [3.8, 4) is 11.8 Å². The number of anilines is 3. The number of fused-ring (bicyclic) bond motifs is 1. The molecule has 0 atom stereocenters. The number of nitrogen functional groups attached to an aromatic ring is 1. The van der Waals surface area contributed by atoms with Crippen molar-refractivity contribution in [2.75, 3.05) is 18.2 Å². The van der Waals surface area contributed by atoms with Crippen molar-refractivity contribution in [3.05, 3.63) is 46.4 Å². The van der Waals surface area contributed by atoms with Crippen LogP contribution in [-0.4, -0.2) is 17.1 Å². The minimum absolute atomic E-state index is 0.369. The van der Waals surface area contributed by atoms with Gasteiger partial charge in [-0.25, -0.2) is 4.98 Å². The summed E-state index contributed by atoms with van der Waals surface area (Å²) in [6.07, 6.45) is 0. The van der Waals surface area contributed by atoms with Gasteiger partial charge in [0.15, 0.2) is 0 Å². The van der Waals surface area contributed by atoms with Crippen LogP contribution in [0.5, 0.6) is 5.75 Å². The number of nitrogens with one attached hydrogen (secondary N) is 1. The van der Waals surface area contributed by atoms with Crippen molar-refractivity contribution in [1.29, 1.82) is 5.26 Å². The van der Waals surface area contributed by atoms with Crippen LogP contribution in [0, 0.1) is 11.3 Å². The Morgan fingerprint density at radius 2 is 2.09 bits per heavy atom. The fourth-order valence-corrected chi connectivity index (χ4v) is 2.64. The Kier molecular flexibility index (Phi) is 4.00. The molecule has 0 aliphatic carbocycles. The van der Waals surface area contributed by atoms with Crippen molar-refractivity contribution in [2.45, 2.75) is 0 Å². The Bertz CT molecular complexity index is 936. The third-order valence-corrected chi connectivity index (χ3v) is 3.92. The Balaban J connectivity index is 2.02. The van der Waals surface area contributed by atoms with Gasteiger partial charge in [0, 0.05) is 21.6 Å². The van der Waals surface area contributed by atoms with Crippen molar-refractivity contribution in [1.82, 2.24) is 9.97 Å². The van der Waals surface area contributed by atoms with E-state index in [0.717, 1.165) is 15.4 Å².